The highest BCUT2D eigenvalue weighted by molar-refractivity contribution is 9.11. The molecule has 0 N–H and O–H groups in total. The van der Waals surface area contributed by atoms with E-state index in [2.05, 4.69) is 54.8 Å². The normalized spacial score (nSPS) is 17.4. The lowest BCUT2D eigenvalue weighted by Gasteiger charge is -2.32. The van der Waals surface area contributed by atoms with Gasteiger partial charge in [0.2, 0.25) is 0 Å². The van der Waals surface area contributed by atoms with Crippen molar-refractivity contribution in [2.45, 2.75) is 12.8 Å². The Kier molecular flexibility index (Phi) is 6.33. The number of rotatable bonds is 5. The predicted molar refractivity (Wildman–Crippen MR) is 90.7 cm³/mol. The molecule has 0 bridgehead atoms. The predicted octanol–water partition coefficient (Wildman–Crippen LogP) is 3.40. The fraction of sp³-hybridized carbons (Fsp3) is 0.600. The molecule has 0 saturated carbocycles. The van der Waals surface area contributed by atoms with Gasteiger partial charge in [-0.3, -0.25) is 0 Å². The largest absolute Gasteiger partial charge is 0.495 e. The Bertz CT molecular complexity index is 446. The topological polar surface area (TPSA) is 15.7 Å². The van der Waals surface area contributed by atoms with Gasteiger partial charge in [0.25, 0.3) is 0 Å². The zero-order valence-electron chi connectivity index (χ0n) is 12.2. The van der Waals surface area contributed by atoms with Crippen LogP contribution in [0.2, 0.25) is 0 Å². The maximum Gasteiger partial charge on any atom is 0.136 e. The van der Waals surface area contributed by atoms with Crippen LogP contribution < -0.4 is 4.74 Å². The van der Waals surface area contributed by atoms with Crippen LogP contribution in [0.25, 0.3) is 0 Å². The molecular formula is C15H22Br2N2O. The Morgan fingerprint density at radius 1 is 1.15 bits per heavy atom. The third kappa shape index (κ3) is 4.45. The van der Waals surface area contributed by atoms with E-state index in [1.807, 2.05) is 6.07 Å². The van der Waals surface area contributed by atoms with Crippen molar-refractivity contribution in [3.05, 3.63) is 26.6 Å². The Labute approximate surface area is 138 Å². The Balaban J connectivity index is 1.87. The van der Waals surface area contributed by atoms with Gasteiger partial charge < -0.3 is 14.5 Å². The van der Waals surface area contributed by atoms with Gasteiger partial charge in [-0.15, -0.1) is 0 Å². The molecule has 1 saturated heterocycles. The van der Waals surface area contributed by atoms with Gasteiger partial charge in [-0.2, -0.15) is 0 Å². The molecule has 0 aromatic heterocycles. The molecule has 20 heavy (non-hydrogen) atoms. The fourth-order valence-electron chi connectivity index (χ4n) is 2.59. The minimum atomic E-state index is 0.964. The van der Waals surface area contributed by atoms with E-state index >= 15 is 0 Å². The second-order valence-corrected chi connectivity index (χ2v) is 7.10. The zero-order chi connectivity index (χ0) is 14.5. The van der Waals surface area contributed by atoms with E-state index in [4.69, 9.17) is 4.74 Å². The number of hydrogen-bond acceptors (Lipinski definition) is 3. The lowest BCUT2D eigenvalue weighted by Crippen LogP contribution is -2.44. The van der Waals surface area contributed by atoms with E-state index < -0.39 is 0 Å². The number of benzene rings is 1. The van der Waals surface area contributed by atoms with Gasteiger partial charge in [0.05, 0.1) is 11.6 Å². The number of methoxy groups -OCH3 is 1. The van der Waals surface area contributed by atoms with Crippen LogP contribution in [-0.2, 0) is 6.42 Å². The van der Waals surface area contributed by atoms with Crippen molar-refractivity contribution in [1.29, 1.82) is 0 Å². The molecule has 1 heterocycles. The van der Waals surface area contributed by atoms with Gasteiger partial charge in [-0.25, -0.2) is 0 Å². The molecule has 3 nitrogen and oxygen atoms in total. The Morgan fingerprint density at radius 2 is 1.85 bits per heavy atom. The summed E-state index contributed by atoms with van der Waals surface area (Å²) in [7, 11) is 3.93. The van der Waals surface area contributed by atoms with Gasteiger partial charge in [0.15, 0.2) is 0 Å². The van der Waals surface area contributed by atoms with Gasteiger partial charge in [0.1, 0.15) is 5.75 Å². The van der Waals surface area contributed by atoms with Crippen LogP contribution in [0, 0.1) is 0 Å². The molecule has 1 fully saturated rings. The van der Waals surface area contributed by atoms with Crippen molar-refractivity contribution in [1.82, 2.24) is 9.80 Å². The molecule has 2 rings (SSSR count). The first kappa shape index (κ1) is 16.3. The van der Waals surface area contributed by atoms with E-state index in [1.165, 1.54) is 44.7 Å². The van der Waals surface area contributed by atoms with Crippen LogP contribution in [0.4, 0.5) is 0 Å². The summed E-state index contributed by atoms with van der Waals surface area (Å²) in [6.45, 7) is 5.92. The van der Waals surface area contributed by atoms with Crippen LogP contribution in [0.3, 0.4) is 0 Å². The average Bonchev–Trinajstić information content (AvgIpc) is 2.40. The van der Waals surface area contributed by atoms with Crippen LogP contribution in [-0.4, -0.2) is 56.7 Å². The zero-order valence-corrected chi connectivity index (χ0v) is 15.3. The maximum absolute atomic E-state index is 5.50. The molecule has 1 aromatic carbocycles. The van der Waals surface area contributed by atoms with Crippen molar-refractivity contribution in [3.8, 4) is 5.75 Å². The SMILES string of the molecule is COc1c(Br)cc(Br)cc1CCCN1CCN(C)CC1. The summed E-state index contributed by atoms with van der Waals surface area (Å²) >= 11 is 7.11. The standard InChI is InChI=1S/C15H22Br2N2O/c1-18-6-8-19(9-7-18)5-3-4-12-10-13(16)11-14(17)15(12)20-2/h10-11H,3-9H2,1-2H3. The minimum absolute atomic E-state index is 0.964. The maximum atomic E-state index is 5.50. The highest BCUT2D eigenvalue weighted by atomic mass is 79.9. The summed E-state index contributed by atoms with van der Waals surface area (Å²) in [5, 5.41) is 0. The van der Waals surface area contributed by atoms with Crippen LogP contribution >= 0.6 is 31.9 Å². The van der Waals surface area contributed by atoms with Crippen molar-refractivity contribution in [2.24, 2.45) is 0 Å². The molecule has 0 aliphatic carbocycles. The van der Waals surface area contributed by atoms with Crippen molar-refractivity contribution in [2.75, 3.05) is 46.9 Å². The number of ether oxygens (including phenoxy) is 1. The summed E-state index contributed by atoms with van der Waals surface area (Å²) in [5.41, 5.74) is 1.27. The van der Waals surface area contributed by atoms with Gasteiger partial charge in [0, 0.05) is 30.7 Å². The quantitative estimate of drug-likeness (QED) is 0.746. The number of nitrogens with zero attached hydrogens (tertiary/aromatic N) is 2. The first-order chi connectivity index (χ1) is 9.60. The minimum Gasteiger partial charge on any atom is -0.495 e. The second kappa shape index (κ2) is 7.78. The average molecular weight is 406 g/mol. The number of likely N-dealkylation sites (N-methyl/N-ethyl adjacent to an activating group) is 1. The third-order valence-electron chi connectivity index (χ3n) is 3.81. The molecule has 0 atom stereocenters. The molecule has 1 aromatic rings. The third-order valence-corrected chi connectivity index (χ3v) is 4.85. The Morgan fingerprint density at radius 3 is 2.50 bits per heavy atom. The first-order valence-electron chi connectivity index (χ1n) is 7.03. The number of aryl methyl sites for hydroxylation is 1. The lowest BCUT2D eigenvalue weighted by atomic mass is 10.1. The summed E-state index contributed by atoms with van der Waals surface area (Å²) in [5.74, 6) is 0.964. The van der Waals surface area contributed by atoms with E-state index in [9.17, 15) is 0 Å². The molecular weight excluding hydrogens is 384 g/mol. The summed E-state index contributed by atoms with van der Waals surface area (Å²) in [4.78, 5) is 4.95. The van der Waals surface area contributed by atoms with Crippen LogP contribution in [0.5, 0.6) is 5.75 Å². The molecule has 0 unspecified atom stereocenters. The van der Waals surface area contributed by atoms with Crippen molar-refractivity contribution in [3.63, 3.8) is 0 Å². The first-order valence-corrected chi connectivity index (χ1v) is 8.61. The highest BCUT2D eigenvalue weighted by Gasteiger charge is 2.14. The monoisotopic (exact) mass is 404 g/mol. The fourth-order valence-corrected chi connectivity index (χ4v) is 4.07. The molecule has 0 spiro atoms. The number of halogens is 2. The van der Waals surface area contributed by atoms with Crippen molar-refractivity contribution >= 4 is 31.9 Å². The summed E-state index contributed by atoms with van der Waals surface area (Å²) in [6, 6.07) is 4.19. The Hall–Kier alpha value is -0.100. The van der Waals surface area contributed by atoms with Crippen LogP contribution in [0.15, 0.2) is 21.1 Å². The summed E-state index contributed by atoms with van der Waals surface area (Å²) in [6.07, 6.45) is 2.22. The van der Waals surface area contributed by atoms with E-state index in [-0.39, 0.29) is 0 Å². The molecule has 0 amide bonds. The molecule has 112 valence electrons. The van der Waals surface area contributed by atoms with Gasteiger partial charge in [-0.05, 0) is 60.1 Å². The van der Waals surface area contributed by atoms with Crippen LogP contribution in [0.1, 0.15) is 12.0 Å². The van der Waals surface area contributed by atoms with E-state index in [1.54, 1.807) is 7.11 Å². The second-order valence-electron chi connectivity index (χ2n) is 5.33. The van der Waals surface area contributed by atoms with Gasteiger partial charge >= 0.3 is 0 Å². The molecule has 5 heteroatoms. The number of hydrogen-bond donors (Lipinski definition) is 0. The smallest absolute Gasteiger partial charge is 0.136 e. The van der Waals surface area contributed by atoms with E-state index in [0.717, 1.165) is 21.1 Å². The van der Waals surface area contributed by atoms with Crippen molar-refractivity contribution < 1.29 is 4.74 Å². The number of piperazine rings is 1. The molecule has 1 aliphatic heterocycles. The summed E-state index contributed by atoms with van der Waals surface area (Å²) < 4.78 is 7.61. The highest BCUT2D eigenvalue weighted by Crippen LogP contribution is 2.33. The lowest BCUT2D eigenvalue weighted by molar-refractivity contribution is 0.153. The molecule has 0 radical (unpaired) electrons. The molecule has 1 aliphatic rings. The van der Waals surface area contributed by atoms with Gasteiger partial charge in [-0.1, -0.05) is 15.9 Å². The van der Waals surface area contributed by atoms with E-state index in [0.29, 0.717) is 0 Å².